The fourth-order valence-electron chi connectivity index (χ4n) is 4.20. The highest BCUT2D eigenvalue weighted by Gasteiger charge is 2.32. The molecule has 0 fully saturated rings. The third-order valence-corrected chi connectivity index (χ3v) is 7.24. The lowest BCUT2D eigenvalue weighted by molar-refractivity contribution is -0.116. The molecule has 1 amide bonds. The van der Waals surface area contributed by atoms with Crippen LogP contribution in [-0.2, 0) is 29.1 Å². The molecule has 34 heavy (non-hydrogen) atoms. The van der Waals surface area contributed by atoms with Crippen molar-refractivity contribution in [3.05, 3.63) is 90.9 Å². The number of carbonyl (C=O) groups excluding carboxylic acids is 1. The number of aromatic nitrogens is 2. The largest absolute Gasteiger partial charge is 0.370 e. The van der Waals surface area contributed by atoms with Crippen molar-refractivity contribution in [2.75, 3.05) is 5.32 Å². The van der Waals surface area contributed by atoms with Gasteiger partial charge >= 0.3 is 5.69 Å². The SMILES string of the molecule is CC1(C)Cc2c(sc3c2c(=O)n(-c2cccc(Cl)c2)c(=O)n3CC(=O)Nc2ccccc2)CO1. The molecule has 5 rings (SSSR count). The Hall–Kier alpha value is -3.20. The van der Waals surface area contributed by atoms with Crippen LogP contribution in [0, 0.1) is 0 Å². The lowest BCUT2D eigenvalue weighted by Gasteiger charge is -2.29. The number of carbonyl (C=O) groups is 1. The van der Waals surface area contributed by atoms with E-state index in [-0.39, 0.29) is 12.5 Å². The van der Waals surface area contributed by atoms with E-state index < -0.39 is 16.9 Å². The smallest absolute Gasteiger partial charge is 0.337 e. The summed E-state index contributed by atoms with van der Waals surface area (Å²) in [5, 5.41) is 3.66. The molecule has 9 heteroatoms. The first-order chi connectivity index (χ1) is 16.2. The van der Waals surface area contributed by atoms with E-state index in [4.69, 9.17) is 16.3 Å². The van der Waals surface area contributed by atoms with E-state index in [1.165, 1.54) is 15.9 Å². The summed E-state index contributed by atoms with van der Waals surface area (Å²) < 4.78 is 8.40. The quantitative estimate of drug-likeness (QED) is 0.456. The molecular weight excluding hydrogens is 474 g/mol. The Morgan fingerprint density at radius 2 is 1.91 bits per heavy atom. The van der Waals surface area contributed by atoms with Gasteiger partial charge in [0.25, 0.3) is 5.56 Å². The van der Waals surface area contributed by atoms with Gasteiger partial charge in [0.2, 0.25) is 5.91 Å². The van der Waals surface area contributed by atoms with Crippen molar-refractivity contribution in [3.8, 4) is 5.69 Å². The molecule has 174 valence electrons. The van der Waals surface area contributed by atoms with Crippen LogP contribution in [-0.4, -0.2) is 20.6 Å². The number of anilines is 1. The molecule has 3 heterocycles. The van der Waals surface area contributed by atoms with Crippen molar-refractivity contribution < 1.29 is 9.53 Å². The highest BCUT2D eigenvalue weighted by molar-refractivity contribution is 7.18. The first-order valence-corrected chi connectivity index (χ1v) is 12.0. The zero-order chi connectivity index (χ0) is 24.0. The minimum Gasteiger partial charge on any atom is -0.370 e. The molecule has 0 radical (unpaired) electrons. The predicted octanol–water partition coefficient (Wildman–Crippen LogP) is 4.36. The van der Waals surface area contributed by atoms with Gasteiger partial charge in [-0.2, -0.15) is 0 Å². The molecule has 0 unspecified atom stereocenters. The normalized spacial score (nSPS) is 14.7. The number of fused-ring (bicyclic) bond motifs is 3. The van der Waals surface area contributed by atoms with Crippen LogP contribution in [0.5, 0.6) is 0 Å². The second-order valence-electron chi connectivity index (χ2n) is 8.81. The molecule has 7 nitrogen and oxygen atoms in total. The molecule has 1 N–H and O–H groups in total. The topological polar surface area (TPSA) is 82.3 Å². The van der Waals surface area contributed by atoms with Crippen LogP contribution in [0.4, 0.5) is 5.69 Å². The maximum Gasteiger partial charge on any atom is 0.337 e. The standard InChI is InChI=1S/C25H22ClN3O4S/c1-25(2)12-18-19(14-33-25)34-23-21(18)22(31)29(17-10-6-7-15(26)11-17)24(32)28(23)13-20(30)27-16-8-4-3-5-9-16/h3-11H,12-14H2,1-2H3,(H,27,30). The van der Waals surface area contributed by atoms with Crippen molar-refractivity contribution in [3.63, 3.8) is 0 Å². The zero-order valence-electron chi connectivity index (χ0n) is 18.6. The third-order valence-electron chi connectivity index (χ3n) is 5.78. The van der Waals surface area contributed by atoms with Gasteiger partial charge in [0, 0.05) is 22.0 Å². The highest BCUT2D eigenvalue weighted by Crippen LogP contribution is 2.37. The van der Waals surface area contributed by atoms with Crippen molar-refractivity contribution in [1.82, 2.24) is 9.13 Å². The number of halogens is 1. The van der Waals surface area contributed by atoms with Crippen molar-refractivity contribution in [2.24, 2.45) is 0 Å². The molecule has 1 aliphatic rings. The molecule has 0 saturated heterocycles. The summed E-state index contributed by atoms with van der Waals surface area (Å²) in [7, 11) is 0. The van der Waals surface area contributed by atoms with Gasteiger partial charge in [-0.1, -0.05) is 35.9 Å². The molecule has 0 atom stereocenters. The molecule has 2 aromatic carbocycles. The fourth-order valence-corrected chi connectivity index (χ4v) is 5.60. The zero-order valence-corrected chi connectivity index (χ0v) is 20.2. The highest BCUT2D eigenvalue weighted by atomic mass is 35.5. The summed E-state index contributed by atoms with van der Waals surface area (Å²) in [6.45, 7) is 4.05. The molecule has 2 aromatic heterocycles. The first kappa shape index (κ1) is 22.6. The summed E-state index contributed by atoms with van der Waals surface area (Å²) in [5.41, 5.74) is 0.390. The number of ether oxygens (including phenoxy) is 1. The lowest BCUT2D eigenvalue weighted by Crippen LogP contribution is -2.41. The van der Waals surface area contributed by atoms with Crippen LogP contribution < -0.4 is 16.6 Å². The Kier molecular flexibility index (Phi) is 5.67. The van der Waals surface area contributed by atoms with E-state index in [9.17, 15) is 14.4 Å². The van der Waals surface area contributed by atoms with Crippen LogP contribution in [0.1, 0.15) is 24.3 Å². The van der Waals surface area contributed by atoms with Crippen LogP contribution in [0.3, 0.4) is 0 Å². The van der Waals surface area contributed by atoms with Gasteiger partial charge in [0.1, 0.15) is 11.4 Å². The van der Waals surface area contributed by atoms with Crippen molar-refractivity contribution in [2.45, 2.75) is 39.0 Å². The van der Waals surface area contributed by atoms with E-state index in [1.54, 1.807) is 36.4 Å². The molecular formula is C25H22ClN3O4S. The van der Waals surface area contributed by atoms with Gasteiger partial charge in [-0.15, -0.1) is 11.3 Å². The van der Waals surface area contributed by atoms with Crippen LogP contribution >= 0.6 is 22.9 Å². The molecule has 0 spiro atoms. The van der Waals surface area contributed by atoms with Gasteiger partial charge in [-0.25, -0.2) is 9.36 Å². The summed E-state index contributed by atoms with van der Waals surface area (Å²) in [5.74, 6) is -0.367. The minimum atomic E-state index is -0.596. The molecule has 1 aliphatic heterocycles. The molecule has 0 saturated carbocycles. The number of hydrogen-bond acceptors (Lipinski definition) is 5. The number of nitrogens with one attached hydrogen (secondary N) is 1. The fraction of sp³-hybridized carbons (Fsp3) is 0.240. The van der Waals surface area contributed by atoms with Crippen LogP contribution in [0.25, 0.3) is 15.9 Å². The van der Waals surface area contributed by atoms with Gasteiger partial charge in [-0.3, -0.25) is 14.2 Å². The van der Waals surface area contributed by atoms with Crippen LogP contribution in [0.15, 0.2) is 64.2 Å². The second-order valence-corrected chi connectivity index (χ2v) is 10.3. The Labute approximate surface area is 204 Å². The lowest BCUT2D eigenvalue weighted by atomic mass is 9.94. The van der Waals surface area contributed by atoms with Crippen molar-refractivity contribution >= 4 is 44.7 Å². The summed E-state index contributed by atoms with van der Waals surface area (Å²) in [6, 6.07) is 15.6. The summed E-state index contributed by atoms with van der Waals surface area (Å²) in [6.07, 6.45) is 0.529. The number of hydrogen-bond donors (Lipinski definition) is 1. The summed E-state index contributed by atoms with van der Waals surface area (Å²) >= 11 is 7.49. The third kappa shape index (κ3) is 4.09. The minimum absolute atomic E-state index is 0.241. The average molecular weight is 496 g/mol. The predicted molar refractivity (Wildman–Crippen MR) is 134 cm³/mol. The number of benzene rings is 2. The van der Waals surface area contributed by atoms with Gasteiger partial charge in [0.05, 0.1) is 23.3 Å². The van der Waals surface area contributed by atoms with Gasteiger partial charge in [-0.05, 0) is 49.7 Å². The Morgan fingerprint density at radius 1 is 1.15 bits per heavy atom. The molecule has 4 aromatic rings. The maximum atomic E-state index is 13.7. The maximum absolute atomic E-state index is 13.7. The average Bonchev–Trinajstić information content (AvgIpc) is 3.15. The van der Waals surface area contributed by atoms with Gasteiger partial charge in [0.15, 0.2) is 0 Å². The monoisotopic (exact) mass is 495 g/mol. The summed E-state index contributed by atoms with van der Waals surface area (Å²) in [4.78, 5) is 41.6. The van der Waals surface area contributed by atoms with E-state index in [2.05, 4.69) is 5.32 Å². The molecule has 0 bridgehead atoms. The van der Waals surface area contributed by atoms with E-state index in [0.29, 0.717) is 39.6 Å². The van der Waals surface area contributed by atoms with Gasteiger partial charge < -0.3 is 10.1 Å². The van der Waals surface area contributed by atoms with E-state index in [0.717, 1.165) is 15.0 Å². The Bertz CT molecular complexity index is 1540. The van der Waals surface area contributed by atoms with Crippen molar-refractivity contribution in [1.29, 1.82) is 0 Å². The van der Waals surface area contributed by atoms with Crippen LogP contribution in [0.2, 0.25) is 5.02 Å². The van der Waals surface area contributed by atoms with E-state index >= 15 is 0 Å². The number of para-hydroxylation sites is 1. The number of rotatable bonds is 4. The molecule has 0 aliphatic carbocycles. The Balaban J connectivity index is 1.72. The number of amides is 1. The van der Waals surface area contributed by atoms with E-state index in [1.807, 2.05) is 32.0 Å². The number of nitrogens with zero attached hydrogens (tertiary/aromatic N) is 2. The Morgan fingerprint density at radius 3 is 2.65 bits per heavy atom. The first-order valence-electron chi connectivity index (χ1n) is 10.8. The number of thiophene rings is 1. The second kappa shape index (κ2) is 8.54.